The molecule has 0 radical (unpaired) electrons. The number of carboxylic acids is 1. The van der Waals surface area contributed by atoms with Gasteiger partial charge in [-0.2, -0.15) is 0 Å². The Bertz CT molecular complexity index is 323. The van der Waals surface area contributed by atoms with Gasteiger partial charge in [-0.05, 0) is 25.8 Å². The molecule has 3 saturated heterocycles. The van der Waals surface area contributed by atoms with Crippen LogP contribution in [0.2, 0.25) is 0 Å². The Morgan fingerprint density at radius 2 is 2.11 bits per heavy atom. The zero-order valence-electron chi connectivity index (χ0n) is 10.8. The molecule has 0 aromatic heterocycles. The van der Waals surface area contributed by atoms with Crippen LogP contribution in [0.5, 0.6) is 0 Å². The van der Waals surface area contributed by atoms with Gasteiger partial charge in [-0.1, -0.05) is 0 Å². The quantitative estimate of drug-likeness (QED) is 0.790. The molecule has 0 spiro atoms. The maximum atomic E-state index is 11.0. The predicted octanol–water partition coefficient (Wildman–Crippen LogP) is 0.399. The first-order valence-electron chi connectivity index (χ1n) is 7.05. The Labute approximate surface area is 108 Å². The standard InChI is InChI=1S/C13H22N2O3/c16-13(17)8-10-9-18-7-6-15(10)12-3-5-14-4-1-2-11(12)14/h10-12H,1-9H2,(H,16,17). The van der Waals surface area contributed by atoms with Crippen LogP contribution < -0.4 is 0 Å². The molecule has 0 bridgehead atoms. The third-order valence-corrected chi connectivity index (χ3v) is 4.68. The van der Waals surface area contributed by atoms with Gasteiger partial charge in [-0.25, -0.2) is 0 Å². The number of hydrogen-bond donors (Lipinski definition) is 1. The number of fused-ring (bicyclic) bond motifs is 1. The highest BCUT2D eigenvalue weighted by molar-refractivity contribution is 5.67. The molecule has 3 unspecified atom stereocenters. The van der Waals surface area contributed by atoms with Gasteiger partial charge in [0.1, 0.15) is 0 Å². The molecule has 0 aromatic rings. The minimum Gasteiger partial charge on any atom is -0.481 e. The van der Waals surface area contributed by atoms with E-state index in [2.05, 4.69) is 9.80 Å². The molecule has 0 aromatic carbocycles. The number of morpholine rings is 1. The Morgan fingerprint density at radius 3 is 2.94 bits per heavy atom. The van der Waals surface area contributed by atoms with Gasteiger partial charge in [-0.3, -0.25) is 14.6 Å². The van der Waals surface area contributed by atoms with Crippen molar-refractivity contribution in [1.29, 1.82) is 0 Å². The second kappa shape index (κ2) is 5.15. The maximum absolute atomic E-state index is 11.0. The lowest BCUT2D eigenvalue weighted by atomic mass is 10.0. The summed E-state index contributed by atoms with van der Waals surface area (Å²) in [7, 11) is 0. The van der Waals surface area contributed by atoms with E-state index < -0.39 is 5.97 Å². The van der Waals surface area contributed by atoms with Crippen molar-refractivity contribution in [1.82, 2.24) is 9.80 Å². The molecule has 0 saturated carbocycles. The highest BCUT2D eigenvalue weighted by atomic mass is 16.5. The summed E-state index contributed by atoms with van der Waals surface area (Å²) in [5, 5.41) is 9.02. The van der Waals surface area contributed by atoms with Gasteiger partial charge in [-0.15, -0.1) is 0 Å². The Kier molecular flexibility index (Phi) is 3.54. The minimum atomic E-state index is -0.711. The van der Waals surface area contributed by atoms with E-state index in [0.29, 0.717) is 18.7 Å². The first-order valence-corrected chi connectivity index (χ1v) is 7.05. The Morgan fingerprint density at radius 1 is 1.22 bits per heavy atom. The van der Waals surface area contributed by atoms with E-state index >= 15 is 0 Å². The number of carbonyl (C=O) groups is 1. The van der Waals surface area contributed by atoms with Gasteiger partial charge in [0, 0.05) is 31.2 Å². The molecule has 3 fully saturated rings. The molecule has 5 nitrogen and oxygen atoms in total. The average Bonchev–Trinajstić information content (AvgIpc) is 2.91. The summed E-state index contributed by atoms with van der Waals surface area (Å²) in [5.74, 6) is -0.711. The second-order valence-electron chi connectivity index (χ2n) is 5.67. The normalized spacial score (nSPS) is 37.9. The summed E-state index contributed by atoms with van der Waals surface area (Å²) in [6, 6.07) is 1.29. The number of carboxylic acid groups (broad SMARTS) is 1. The minimum absolute atomic E-state index is 0.0711. The van der Waals surface area contributed by atoms with Crippen molar-refractivity contribution in [2.45, 2.75) is 43.8 Å². The van der Waals surface area contributed by atoms with Crippen molar-refractivity contribution in [3.05, 3.63) is 0 Å². The smallest absolute Gasteiger partial charge is 0.305 e. The van der Waals surface area contributed by atoms with E-state index in [-0.39, 0.29) is 12.5 Å². The van der Waals surface area contributed by atoms with Crippen molar-refractivity contribution in [2.75, 3.05) is 32.8 Å². The van der Waals surface area contributed by atoms with Crippen molar-refractivity contribution >= 4 is 5.97 Å². The highest BCUT2D eigenvalue weighted by Gasteiger charge is 2.43. The Balaban J connectivity index is 1.70. The van der Waals surface area contributed by atoms with E-state index in [0.717, 1.165) is 13.2 Å². The van der Waals surface area contributed by atoms with Crippen molar-refractivity contribution in [3.63, 3.8) is 0 Å². The largest absolute Gasteiger partial charge is 0.481 e. The lowest BCUT2D eigenvalue weighted by Crippen LogP contribution is -2.54. The van der Waals surface area contributed by atoms with Crippen LogP contribution in [0.25, 0.3) is 0 Å². The van der Waals surface area contributed by atoms with Crippen LogP contribution >= 0.6 is 0 Å². The molecule has 5 heteroatoms. The highest BCUT2D eigenvalue weighted by Crippen LogP contribution is 2.33. The SMILES string of the molecule is O=C(O)CC1COCCN1C1CCN2CCCC12. The number of ether oxygens (including phenoxy) is 1. The van der Waals surface area contributed by atoms with Crippen LogP contribution in [0.4, 0.5) is 0 Å². The molecule has 3 heterocycles. The van der Waals surface area contributed by atoms with Crippen molar-refractivity contribution in [2.24, 2.45) is 0 Å². The van der Waals surface area contributed by atoms with E-state index in [1.807, 2.05) is 0 Å². The van der Waals surface area contributed by atoms with Crippen LogP contribution in [-0.2, 0) is 9.53 Å². The summed E-state index contributed by atoms with van der Waals surface area (Å²) < 4.78 is 5.47. The number of nitrogens with zero attached hydrogens (tertiary/aromatic N) is 2. The van der Waals surface area contributed by atoms with E-state index in [9.17, 15) is 4.79 Å². The van der Waals surface area contributed by atoms with E-state index in [4.69, 9.17) is 9.84 Å². The van der Waals surface area contributed by atoms with Gasteiger partial charge in [0.2, 0.25) is 0 Å². The lowest BCUT2D eigenvalue weighted by molar-refractivity contribution is -0.141. The maximum Gasteiger partial charge on any atom is 0.305 e. The first-order chi connectivity index (χ1) is 8.75. The number of aliphatic carboxylic acids is 1. The van der Waals surface area contributed by atoms with E-state index in [1.54, 1.807) is 0 Å². The fraction of sp³-hybridized carbons (Fsp3) is 0.923. The third-order valence-electron chi connectivity index (χ3n) is 4.68. The van der Waals surface area contributed by atoms with E-state index in [1.165, 1.54) is 32.4 Å². The van der Waals surface area contributed by atoms with Crippen LogP contribution in [-0.4, -0.2) is 71.8 Å². The summed E-state index contributed by atoms with van der Waals surface area (Å²) >= 11 is 0. The topological polar surface area (TPSA) is 53.0 Å². The van der Waals surface area contributed by atoms with Gasteiger partial charge < -0.3 is 9.84 Å². The zero-order chi connectivity index (χ0) is 12.5. The molecule has 18 heavy (non-hydrogen) atoms. The molecule has 3 aliphatic rings. The number of hydrogen-bond acceptors (Lipinski definition) is 4. The molecule has 0 aliphatic carbocycles. The molecular weight excluding hydrogens is 232 g/mol. The Hall–Kier alpha value is -0.650. The van der Waals surface area contributed by atoms with Gasteiger partial charge in [0.15, 0.2) is 0 Å². The molecule has 3 rings (SSSR count). The first kappa shape index (κ1) is 12.4. The van der Waals surface area contributed by atoms with Gasteiger partial charge >= 0.3 is 5.97 Å². The lowest BCUT2D eigenvalue weighted by Gasteiger charge is -2.41. The molecule has 3 aliphatic heterocycles. The van der Waals surface area contributed by atoms with Crippen LogP contribution in [0.15, 0.2) is 0 Å². The fourth-order valence-corrected chi connectivity index (χ4v) is 3.92. The van der Waals surface area contributed by atoms with Crippen molar-refractivity contribution < 1.29 is 14.6 Å². The molecule has 102 valence electrons. The van der Waals surface area contributed by atoms with Gasteiger partial charge in [0.05, 0.1) is 19.6 Å². The number of rotatable bonds is 3. The summed E-state index contributed by atoms with van der Waals surface area (Å²) in [6.07, 6.45) is 3.99. The predicted molar refractivity (Wildman–Crippen MR) is 66.6 cm³/mol. The van der Waals surface area contributed by atoms with Crippen LogP contribution in [0.1, 0.15) is 25.7 Å². The summed E-state index contributed by atoms with van der Waals surface area (Å²) in [5.41, 5.74) is 0. The third kappa shape index (κ3) is 2.27. The average molecular weight is 254 g/mol. The summed E-state index contributed by atoms with van der Waals surface area (Å²) in [4.78, 5) is 16.0. The summed E-state index contributed by atoms with van der Waals surface area (Å²) in [6.45, 7) is 4.64. The molecule has 0 amide bonds. The fourth-order valence-electron chi connectivity index (χ4n) is 3.92. The van der Waals surface area contributed by atoms with Crippen LogP contribution in [0.3, 0.4) is 0 Å². The molecule has 3 atom stereocenters. The van der Waals surface area contributed by atoms with Crippen LogP contribution in [0, 0.1) is 0 Å². The monoisotopic (exact) mass is 254 g/mol. The second-order valence-corrected chi connectivity index (χ2v) is 5.67. The zero-order valence-corrected chi connectivity index (χ0v) is 10.8. The van der Waals surface area contributed by atoms with Gasteiger partial charge in [0.25, 0.3) is 0 Å². The molecular formula is C13H22N2O3. The van der Waals surface area contributed by atoms with Crippen molar-refractivity contribution in [3.8, 4) is 0 Å². The molecule has 1 N–H and O–H groups in total.